The minimum absolute atomic E-state index is 0.185. The molecule has 29 heavy (non-hydrogen) atoms. The first-order chi connectivity index (χ1) is 14.1. The molecule has 2 heterocycles. The van der Waals surface area contributed by atoms with Gasteiger partial charge in [0.25, 0.3) is 5.91 Å². The number of hydrogen-bond acceptors (Lipinski definition) is 5. The minimum atomic E-state index is -0.343. The van der Waals surface area contributed by atoms with E-state index < -0.39 is 0 Å². The highest BCUT2D eigenvalue weighted by atomic mass is 35.5. The standard InChI is InChI=1S/C22H17ClN2O4/c23-17-7-5-16(6-8-17)19-12-20(21-2-1-11-28-21)25(24-19)22(27)14-29-18-9-3-15(13-26)4-10-18/h1-11,13,20H,12,14H2. The van der Waals surface area contributed by atoms with E-state index in [0.717, 1.165) is 17.6 Å². The Morgan fingerprint density at radius 3 is 2.59 bits per heavy atom. The Morgan fingerprint density at radius 2 is 1.93 bits per heavy atom. The predicted octanol–water partition coefficient (Wildman–Crippen LogP) is 4.50. The molecule has 0 saturated heterocycles. The highest BCUT2D eigenvalue weighted by molar-refractivity contribution is 6.30. The number of hydrogen-bond donors (Lipinski definition) is 0. The fraction of sp³-hybridized carbons (Fsp3) is 0.136. The molecular formula is C22H17ClN2O4. The molecule has 0 spiro atoms. The fourth-order valence-corrected chi connectivity index (χ4v) is 3.24. The molecule has 3 aromatic rings. The van der Waals surface area contributed by atoms with Crippen LogP contribution in [0.5, 0.6) is 5.75 Å². The summed E-state index contributed by atoms with van der Waals surface area (Å²) in [5.74, 6) is 0.857. The summed E-state index contributed by atoms with van der Waals surface area (Å²) >= 11 is 5.97. The van der Waals surface area contributed by atoms with Crippen LogP contribution >= 0.6 is 11.6 Å². The maximum atomic E-state index is 12.9. The van der Waals surface area contributed by atoms with E-state index in [4.69, 9.17) is 20.8 Å². The molecular weight excluding hydrogens is 392 g/mol. The van der Waals surface area contributed by atoms with Gasteiger partial charge in [-0.25, -0.2) is 5.01 Å². The van der Waals surface area contributed by atoms with Crippen LogP contribution in [0, 0.1) is 0 Å². The SMILES string of the molecule is O=Cc1ccc(OCC(=O)N2N=C(c3ccc(Cl)cc3)CC2c2ccco2)cc1. The van der Waals surface area contributed by atoms with Crippen LogP contribution in [0.2, 0.25) is 5.02 Å². The van der Waals surface area contributed by atoms with E-state index >= 15 is 0 Å². The molecule has 0 N–H and O–H groups in total. The van der Waals surface area contributed by atoms with E-state index in [9.17, 15) is 9.59 Å². The number of ether oxygens (including phenoxy) is 1. The predicted molar refractivity (Wildman–Crippen MR) is 108 cm³/mol. The first kappa shape index (κ1) is 19.0. The highest BCUT2D eigenvalue weighted by Gasteiger charge is 2.35. The van der Waals surface area contributed by atoms with Crippen LogP contribution < -0.4 is 4.74 Å². The fourth-order valence-electron chi connectivity index (χ4n) is 3.11. The minimum Gasteiger partial charge on any atom is -0.484 e. The Kier molecular flexibility index (Phi) is 5.44. The summed E-state index contributed by atoms with van der Waals surface area (Å²) in [6.07, 6.45) is 2.85. The quantitative estimate of drug-likeness (QED) is 0.563. The van der Waals surface area contributed by atoms with Gasteiger partial charge in [0.2, 0.25) is 0 Å². The number of aldehydes is 1. The van der Waals surface area contributed by atoms with Crippen LogP contribution in [0.1, 0.15) is 34.1 Å². The lowest BCUT2D eigenvalue weighted by Crippen LogP contribution is -2.31. The van der Waals surface area contributed by atoms with Crippen molar-refractivity contribution in [3.63, 3.8) is 0 Å². The topological polar surface area (TPSA) is 72.1 Å². The van der Waals surface area contributed by atoms with Crippen molar-refractivity contribution in [3.8, 4) is 5.75 Å². The Labute approximate surface area is 172 Å². The number of rotatable bonds is 6. The smallest absolute Gasteiger partial charge is 0.281 e. The van der Waals surface area contributed by atoms with Crippen molar-refractivity contribution >= 4 is 29.5 Å². The van der Waals surface area contributed by atoms with Crippen LogP contribution in [0.3, 0.4) is 0 Å². The average molecular weight is 409 g/mol. The Bertz CT molecular complexity index is 1030. The maximum Gasteiger partial charge on any atom is 0.281 e. The molecule has 1 unspecified atom stereocenters. The number of carbonyl (C=O) groups excluding carboxylic acids is 2. The lowest BCUT2D eigenvalue weighted by Gasteiger charge is -2.20. The molecule has 146 valence electrons. The molecule has 4 rings (SSSR count). The second kappa shape index (κ2) is 8.32. The molecule has 1 atom stereocenters. The van der Waals surface area contributed by atoms with Gasteiger partial charge in [0, 0.05) is 17.0 Å². The van der Waals surface area contributed by atoms with Gasteiger partial charge in [-0.05, 0) is 54.1 Å². The molecule has 0 aliphatic carbocycles. The number of amides is 1. The van der Waals surface area contributed by atoms with Gasteiger partial charge < -0.3 is 9.15 Å². The van der Waals surface area contributed by atoms with E-state index in [2.05, 4.69) is 5.10 Å². The highest BCUT2D eigenvalue weighted by Crippen LogP contribution is 2.33. The summed E-state index contributed by atoms with van der Waals surface area (Å²) < 4.78 is 11.1. The van der Waals surface area contributed by atoms with Gasteiger partial charge in [-0.15, -0.1) is 0 Å². The van der Waals surface area contributed by atoms with Gasteiger partial charge in [-0.2, -0.15) is 5.10 Å². The summed E-state index contributed by atoms with van der Waals surface area (Å²) in [6.45, 7) is -0.185. The molecule has 0 bridgehead atoms. The van der Waals surface area contributed by atoms with Crippen LogP contribution in [0.25, 0.3) is 0 Å². The molecule has 0 radical (unpaired) electrons. The van der Waals surface area contributed by atoms with Crippen LogP contribution in [-0.2, 0) is 4.79 Å². The van der Waals surface area contributed by atoms with Gasteiger partial charge in [0.15, 0.2) is 6.61 Å². The van der Waals surface area contributed by atoms with Crippen molar-refractivity contribution in [1.29, 1.82) is 0 Å². The number of furan rings is 1. The normalized spacial score (nSPS) is 15.8. The third kappa shape index (κ3) is 4.22. The van der Waals surface area contributed by atoms with Crippen LogP contribution in [0.4, 0.5) is 0 Å². The molecule has 1 aromatic heterocycles. The van der Waals surface area contributed by atoms with Crippen molar-refractivity contribution in [2.45, 2.75) is 12.5 Å². The van der Waals surface area contributed by atoms with E-state index in [-0.39, 0.29) is 18.6 Å². The van der Waals surface area contributed by atoms with Crippen LogP contribution in [0.15, 0.2) is 76.4 Å². The summed E-state index contributed by atoms with van der Waals surface area (Å²) in [6, 6.07) is 17.1. The summed E-state index contributed by atoms with van der Waals surface area (Å²) in [5.41, 5.74) is 2.21. The zero-order valence-corrected chi connectivity index (χ0v) is 16.1. The monoisotopic (exact) mass is 408 g/mol. The third-order valence-corrected chi connectivity index (χ3v) is 4.85. The van der Waals surface area contributed by atoms with Crippen molar-refractivity contribution in [2.75, 3.05) is 6.61 Å². The molecule has 2 aromatic carbocycles. The molecule has 1 amide bonds. The van der Waals surface area contributed by atoms with E-state index in [1.165, 1.54) is 5.01 Å². The molecule has 7 heteroatoms. The number of halogens is 1. The number of carbonyl (C=O) groups is 2. The summed E-state index contributed by atoms with van der Waals surface area (Å²) in [7, 11) is 0. The van der Waals surface area contributed by atoms with Crippen molar-refractivity contribution < 1.29 is 18.7 Å². The Balaban J connectivity index is 1.52. The van der Waals surface area contributed by atoms with Gasteiger partial charge in [0.1, 0.15) is 23.8 Å². The lowest BCUT2D eigenvalue weighted by molar-refractivity contribution is -0.135. The molecule has 1 aliphatic heterocycles. The second-order valence-corrected chi connectivity index (χ2v) is 6.94. The molecule has 0 saturated carbocycles. The summed E-state index contributed by atoms with van der Waals surface area (Å²) in [5, 5.41) is 6.58. The first-order valence-electron chi connectivity index (χ1n) is 9.01. The van der Waals surface area contributed by atoms with Crippen LogP contribution in [-0.4, -0.2) is 29.5 Å². The zero-order valence-electron chi connectivity index (χ0n) is 15.3. The largest absolute Gasteiger partial charge is 0.484 e. The zero-order chi connectivity index (χ0) is 20.2. The van der Waals surface area contributed by atoms with Crippen molar-refractivity contribution in [1.82, 2.24) is 5.01 Å². The number of nitrogens with zero attached hydrogens (tertiary/aromatic N) is 2. The maximum absolute atomic E-state index is 12.9. The van der Waals surface area contributed by atoms with E-state index in [1.807, 2.05) is 18.2 Å². The number of benzene rings is 2. The van der Waals surface area contributed by atoms with E-state index in [0.29, 0.717) is 28.5 Å². The van der Waals surface area contributed by atoms with Gasteiger partial charge in [0.05, 0.1) is 12.0 Å². The third-order valence-electron chi connectivity index (χ3n) is 4.59. The lowest BCUT2D eigenvalue weighted by atomic mass is 10.0. The average Bonchev–Trinajstić information content (AvgIpc) is 3.43. The molecule has 1 aliphatic rings. The van der Waals surface area contributed by atoms with E-state index in [1.54, 1.807) is 48.7 Å². The molecule has 0 fully saturated rings. The molecule has 6 nitrogen and oxygen atoms in total. The van der Waals surface area contributed by atoms with Crippen molar-refractivity contribution in [2.24, 2.45) is 5.10 Å². The Morgan fingerprint density at radius 1 is 1.17 bits per heavy atom. The van der Waals surface area contributed by atoms with Gasteiger partial charge >= 0.3 is 0 Å². The first-order valence-corrected chi connectivity index (χ1v) is 9.39. The summed E-state index contributed by atoms with van der Waals surface area (Å²) in [4.78, 5) is 23.6. The second-order valence-electron chi connectivity index (χ2n) is 6.50. The van der Waals surface area contributed by atoms with Gasteiger partial charge in [-0.1, -0.05) is 23.7 Å². The Hall–Kier alpha value is -3.38. The van der Waals surface area contributed by atoms with Crippen molar-refractivity contribution in [3.05, 3.63) is 88.8 Å². The number of hydrazone groups is 1. The van der Waals surface area contributed by atoms with Gasteiger partial charge in [-0.3, -0.25) is 9.59 Å².